The molecule has 0 bridgehead atoms. The third-order valence-corrected chi connectivity index (χ3v) is 11.1. The third-order valence-electron chi connectivity index (χ3n) is 9.79. The summed E-state index contributed by atoms with van der Waals surface area (Å²) in [6.45, 7) is 15.5. The lowest BCUT2D eigenvalue weighted by Gasteiger charge is -2.28. The fraction of sp³-hybridized carbons (Fsp3) is 0.0833. The Labute approximate surface area is 299 Å². The lowest BCUT2D eigenvalue weighted by atomic mass is 9.87. The van der Waals surface area contributed by atoms with Gasteiger partial charge in [-0.1, -0.05) is 161 Å². The minimum atomic E-state index is 0.0744. The molecule has 0 aliphatic carbocycles. The van der Waals surface area contributed by atoms with Crippen molar-refractivity contribution in [2.24, 2.45) is 0 Å². The monoisotopic (exact) mass is 661 g/mol. The molecule has 1 nitrogen and oxygen atoms in total. The molecular formula is C48H39NS. The summed E-state index contributed by atoms with van der Waals surface area (Å²) < 4.78 is 1.25. The van der Waals surface area contributed by atoms with Gasteiger partial charge in [-0.15, -0.1) is 11.3 Å². The molecule has 0 spiro atoms. The third kappa shape index (κ3) is 5.52. The second kappa shape index (κ2) is 12.6. The predicted molar refractivity (Wildman–Crippen MR) is 220 cm³/mol. The van der Waals surface area contributed by atoms with E-state index in [1.54, 1.807) is 11.3 Å². The normalized spacial score (nSPS) is 11.7. The summed E-state index contributed by atoms with van der Waals surface area (Å²) in [5.41, 5.74) is 10.5. The molecule has 0 aliphatic rings. The molecule has 1 aromatic heterocycles. The van der Waals surface area contributed by atoms with E-state index in [0.29, 0.717) is 0 Å². The molecule has 0 saturated carbocycles. The summed E-state index contributed by atoms with van der Waals surface area (Å²) in [4.78, 5) is 3.57. The predicted octanol–water partition coefficient (Wildman–Crippen LogP) is 14.3. The van der Waals surface area contributed by atoms with Gasteiger partial charge in [0.05, 0.1) is 5.69 Å². The zero-order valence-electron chi connectivity index (χ0n) is 28.8. The smallest absolute Gasteiger partial charge is 0.0540 e. The lowest BCUT2D eigenvalue weighted by Crippen LogP contribution is -2.13. The zero-order valence-corrected chi connectivity index (χ0v) is 29.6. The fourth-order valence-electron chi connectivity index (χ4n) is 7.11. The van der Waals surface area contributed by atoms with Crippen molar-refractivity contribution in [3.8, 4) is 11.1 Å². The Morgan fingerprint density at radius 1 is 0.600 bits per heavy atom. The quantitative estimate of drug-likeness (QED) is 0.154. The highest BCUT2D eigenvalue weighted by molar-refractivity contribution is 7.21. The van der Waals surface area contributed by atoms with Gasteiger partial charge in [0.1, 0.15) is 0 Å². The fourth-order valence-corrected chi connectivity index (χ4v) is 8.44. The van der Waals surface area contributed by atoms with E-state index in [4.69, 9.17) is 0 Å². The van der Waals surface area contributed by atoms with E-state index in [0.717, 1.165) is 33.8 Å². The molecule has 0 saturated heterocycles. The van der Waals surface area contributed by atoms with Gasteiger partial charge >= 0.3 is 0 Å². The average molecular weight is 662 g/mol. The maximum Gasteiger partial charge on any atom is 0.0540 e. The summed E-state index contributed by atoms with van der Waals surface area (Å²) in [7, 11) is 0. The lowest BCUT2D eigenvalue weighted by molar-refractivity contribution is 0.590. The van der Waals surface area contributed by atoms with Crippen LogP contribution in [-0.4, -0.2) is 0 Å². The van der Waals surface area contributed by atoms with Crippen LogP contribution in [0.1, 0.15) is 42.3 Å². The van der Waals surface area contributed by atoms with Crippen molar-refractivity contribution in [3.05, 3.63) is 186 Å². The molecule has 0 unspecified atom stereocenters. The van der Waals surface area contributed by atoms with E-state index < -0.39 is 0 Å². The van der Waals surface area contributed by atoms with Crippen LogP contribution >= 0.6 is 11.3 Å². The van der Waals surface area contributed by atoms with Crippen LogP contribution in [-0.2, 0) is 5.41 Å². The first kappa shape index (κ1) is 31.6. The molecule has 0 atom stereocenters. The number of fused-ring (bicyclic) bond motifs is 4. The van der Waals surface area contributed by atoms with Gasteiger partial charge in [0.15, 0.2) is 0 Å². The topological polar surface area (TPSA) is 3.24 Å². The maximum absolute atomic E-state index is 4.50. The number of anilines is 3. The number of hydrogen-bond donors (Lipinski definition) is 0. The van der Waals surface area contributed by atoms with Crippen molar-refractivity contribution in [2.45, 2.75) is 26.2 Å². The minimum absolute atomic E-state index is 0.0744. The highest BCUT2D eigenvalue weighted by Crippen LogP contribution is 2.45. The Morgan fingerprint density at radius 3 is 1.96 bits per heavy atom. The summed E-state index contributed by atoms with van der Waals surface area (Å²) in [5, 5.41) is 6.20. The molecule has 0 N–H and O–H groups in total. The maximum atomic E-state index is 4.50. The highest BCUT2D eigenvalue weighted by Gasteiger charge is 2.20. The molecule has 242 valence electrons. The van der Waals surface area contributed by atoms with Crippen molar-refractivity contribution >= 4 is 71.7 Å². The van der Waals surface area contributed by atoms with Gasteiger partial charge in [-0.25, -0.2) is 0 Å². The van der Waals surface area contributed by atoms with Crippen LogP contribution in [0.3, 0.4) is 0 Å². The van der Waals surface area contributed by atoms with E-state index in [1.807, 2.05) is 12.1 Å². The number of thiophene rings is 1. The molecule has 50 heavy (non-hydrogen) atoms. The summed E-state index contributed by atoms with van der Waals surface area (Å²) in [6.07, 6.45) is 1.98. The van der Waals surface area contributed by atoms with E-state index in [2.05, 4.69) is 184 Å². The molecule has 0 aliphatic heterocycles. The number of rotatable bonds is 7. The molecule has 2 heteroatoms. The minimum Gasteiger partial charge on any atom is -0.310 e. The Hall–Kier alpha value is -5.70. The van der Waals surface area contributed by atoms with Crippen molar-refractivity contribution in [1.29, 1.82) is 0 Å². The van der Waals surface area contributed by atoms with Gasteiger partial charge in [0.25, 0.3) is 0 Å². The standard InChI is InChI=1S/C48H39NS/c1-6-39-44-20-12-18-41(47(44)50-46(39)32(2)33-14-8-7-9-15-33)35-22-27-37(28-23-35)49(38-29-25-36(26-30-38)48(3,4)5)45-21-13-19-42-40-17-11-10-16-34(40)24-31-43(42)45/h6-31H,1-2H2,3-5H3. The number of benzene rings is 7. The Bertz CT molecular complexity index is 2530. The van der Waals surface area contributed by atoms with Crippen LogP contribution in [0.15, 0.2) is 165 Å². The van der Waals surface area contributed by atoms with Crippen LogP contribution in [0.2, 0.25) is 0 Å². The van der Waals surface area contributed by atoms with Crippen molar-refractivity contribution in [2.75, 3.05) is 4.90 Å². The summed E-state index contributed by atoms with van der Waals surface area (Å²) >= 11 is 1.80. The Balaban J connectivity index is 1.26. The van der Waals surface area contributed by atoms with Gasteiger partial charge in [0.2, 0.25) is 0 Å². The molecule has 0 fully saturated rings. The van der Waals surface area contributed by atoms with Gasteiger partial charge < -0.3 is 4.90 Å². The van der Waals surface area contributed by atoms with Crippen LogP contribution in [0.5, 0.6) is 0 Å². The van der Waals surface area contributed by atoms with Gasteiger partial charge in [-0.3, -0.25) is 0 Å². The van der Waals surface area contributed by atoms with E-state index in [-0.39, 0.29) is 5.41 Å². The first-order valence-electron chi connectivity index (χ1n) is 17.2. The molecule has 0 radical (unpaired) electrons. The molecular weight excluding hydrogens is 623 g/mol. The van der Waals surface area contributed by atoms with E-state index in [1.165, 1.54) is 53.2 Å². The zero-order chi connectivity index (χ0) is 34.4. The van der Waals surface area contributed by atoms with Gasteiger partial charge in [-0.05, 0) is 79.7 Å². The highest BCUT2D eigenvalue weighted by atomic mass is 32.1. The van der Waals surface area contributed by atoms with Gasteiger partial charge in [0, 0.05) is 37.3 Å². The molecule has 8 rings (SSSR count). The first-order valence-corrected chi connectivity index (χ1v) is 18.0. The van der Waals surface area contributed by atoms with Crippen LogP contribution in [0.25, 0.3) is 54.4 Å². The van der Waals surface area contributed by atoms with Gasteiger partial charge in [-0.2, -0.15) is 0 Å². The van der Waals surface area contributed by atoms with E-state index >= 15 is 0 Å². The van der Waals surface area contributed by atoms with Crippen molar-refractivity contribution in [1.82, 2.24) is 0 Å². The van der Waals surface area contributed by atoms with E-state index in [9.17, 15) is 0 Å². The second-order valence-electron chi connectivity index (χ2n) is 13.9. The Kier molecular flexibility index (Phi) is 7.98. The Morgan fingerprint density at radius 2 is 1.24 bits per heavy atom. The molecule has 7 aromatic carbocycles. The van der Waals surface area contributed by atoms with Crippen LogP contribution in [0, 0.1) is 0 Å². The van der Waals surface area contributed by atoms with Crippen LogP contribution in [0.4, 0.5) is 17.1 Å². The van der Waals surface area contributed by atoms with Crippen molar-refractivity contribution in [3.63, 3.8) is 0 Å². The van der Waals surface area contributed by atoms with Crippen molar-refractivity contribution < 1.29 is 0 Å². The molecule has 0 amide bonds. The SMILES string of the molecule is C=Cc1c(C(=C)c2ccccc2)sc2c(-c3ccc(N(c4ccc(C(C)(C)C)cc4)c4cccc5c4ccc4ccccc45)cc3)cccc12. The molecule has 8 aromatic rings. The first-order chi connectivity index (χ1) is 24.3. The summed E-state index contributed by atoms with van der Waals surface area (Å²) in [5.74, 6) is 0. The molecule has 1 heterocycles. The average Bonchev–Trinajstić information content (AvgIpc) is 3.54. The second-order valence-corrected chi connectivity index (χ2v) is 14.9. The summed E-state index contributed by atoms with van der Waals surface area (Å²) in [6, 6.07) is 55.0. The number of nitrogens with zero attached hydrogens (tertiary/aromatic N) is 1. The number of hydrogen-bond acceptors (Lipinski definition) is 2. The largest absolute Gasteiger partial charge is 0.310 e. The van der Waals surface area contributed by atoms with Crippen LogP contribution < -0.4 is 4.90 Å².